The molecule has 5 nitrogen and oxygen atoms in total. The van der Waals surface area contributed by atoms with Gasteiger partial charge in [-0.05, 0) is 94.6 Å². The van der Waals surface area contributed by atoms with Crippen molar-refractivity contribution in [3.8, 4) is 5.75 Å². The number of rotatable bonds is 6. The molecular formula is C25H32N2O3. The van der Waals surface area contributed by atoms with E-state index in [4.69, 9.17) is 9.26 Å². The summed E-state index contributed by atoms with van der Waals surface area (Å²) in [6.07, 6.45) is 8.09. The Balaban J connectivity index is 1.30. The van der Waals surface area contributed by atoms with Crippen LogP contribution in [0.3, 0.4) is 0 Å². The van der Waals surface area contributed by atoms with Gasteiger partial charge in [-0.15, -0.1) is 0 Å². The number of hydrogen-bond acceptors (Lipinski definition) is 4. The van der Waals surface area contributed by atoms with Crippen LogP contribution in [0.25, 0.3) is 0 Å². The van der Waals surface area contributed by atoms with E-state index in [9.17, 15) is 4.79 Å². The fourth-order valence-electron chi connectivity index (χ4n) is 6.77. The Morgan fingerprint density at radius 2 is 1.80 bits per heavy atom. The molecular weight excluding hydrogens is 376 g/mol. The van der Waals surface area contributed by atoms with Crippen molar-refractivity contribution in [2.24, 2.45) is 23.2 Å². The maximum Gasteiger partial charge on any atom is 0.255 e. The SMILES string of the molecule is Cc1noc(C)c1COc1ccccc1C(=O)N[C@@H](C)C12CC3CC(CC(C3)C1)C2. The second-order valence-corrected chi connectivity index (χ2v) is 10.1. The van der Waals surface area contributed by atoms with Crippen LogP contribution in [0.5, 0.6) is 5.75 Å². The largest absolute Gasteiger partial charge is 0.488 e. The molecule has 4 aliphatic rings. The number of para-hydroxylation sites is 1. The predicted molar refractivity (Wildman–Crippen MR) is 114 cm³/mol. The van der Waals surface area contributed by atoms with E-state index in [0.29, 0.717) is 17.9 Å². The van der Waals surface area contributed by atoms with E-state index in [1.807, 2.05) is 38.1 Å². The topological polar surface area (TPSA) is 64.4 Å². The second-order valence-electron chi connectivity index (χ2n) is 10.1. The summed E-state index contributed by atoms with van der Waals surface area (Å²) in [6, 6.07) is 7.70. The standard InChI is InChI=1S/C25H32N2O3/c1-15-22(16(2)30-27-15)14-29-23-7-5-4-6-21(23)24(28)26-17(3)25-11-18-8-19(12-25)10-20(9-18)13-25/h4-7,17-20H,8-14H2,1-3H3,(H,26,28)/t17-,18?,19?,20?,25?/m0/s1. The third-order valence-electron chi connectivity index (χ3n) is 8.04. The predicted octanol–water partition coefficient (Wildman–Crippen LogP) is 5.21. The number of ether oxygens (including phenoxy) is 1. The molecule has 160 valence electrons. The fourth-order valence-corrected chi connectivity index (χ4v) is 6.77. The number of benzene rings is 1. The molecule has 6 rings (SSSR count). The number of nitrogens with one attached hydrogen (secondary N) is 1. The number of nitrogens with zero attached hydrogens (tertiary/aromatic N) is 1. The molecule has 0 spiro atoms. The number of carbonyl (C=O) groups excluding carboxylic acids is 1. The number of amides is 1. The molecule has 1 amide bonds. The van der Waals surface area contributed by atoms with Gasteiger partial charge in [0.1, 0.15) is 18.1 Å². The minimum absolute atomic E-state index is 0.0346. The van der Waals surface area contributed by atoms with Gasteiger partial charge in [-0.2, -0.15) is 0 Å². The van der Waals surface area contributed by atoms with Gasteiger partial charge in [0.25, 0.3) is 5.91 Å². The van der Waals surface area contributed by atoms with Crippen molar-refractivity contribution in [3.63, 3.8) is 0 Å². The molecule has 0 aliphatic heterocycles. The summed E-state index contributed by atoms with van der Waals surface area (Å²) in [5, 5.41) is 7.34. The van der Waals surface area contributed by atoms with E-state index in [1.54, 1.807) is 0 Å². The minimum atomic E-state index is -0.0346. The first-order chi connectivity index (χ1) is 14.4. The van der Waals surface area contributed by atoms with Gasteiger partial charge in [-0.25, -0.2) is 0 Å². The van der Waals surface area contributed by atoms with Gasteiger partial charge >= 0.3 is 0 Å². The summed E-state index contributed by atoms with van der Waals surface area (Å²) < 4.78 is 11.3. The lowest BCUT2D eigenvalue weighted by Crippen LogP contribution is -2.55. The highest BCUT2D eigenvalue weighted by Gasteiger charge is 2.53. The van der Waals surface area contributed by atoms with Gasteiger partial charge in [-0.1, -0.05) is 17.3 Å². The molecule has 1 atom stereocenters. The molecule has 4 aliphatic carbocycles. The normalized spacial score (nSPS) is 30.3. The van der Waals surface area contributed by atoms with Crippen molar-refractivity contribution in [1.29, 1.82) is 0 Å². The number of aromatic nitrogens is 1. The van der Waals surface area contributed by atoms with Crippen LogP contribution in [0, 0.1) is 37.0 Å². The first kappa shape index (κ1) is 19.7. The van der Waals surface area contributed by atoms with Crippen LogP contribution in [-0.4, -0.2) is 17.1 Å². The van der Waals surface area contributed by atoms with E-state index in [1.165, 1.54) is 38.5 Å². The first-order valence-corrected chi connectivity index (χ1v) is 11.4. The molecule has 30 heavy (non-hydrogen) atoms. The van der Waals surface area contributed by atoms with Crippen molar-refractivity contribution in [2.75, 3.05) is 0 Å². The molecule has 0 unspecified atom stereocenters. The van der Waals surface area contributed by atoms with Crippen LogP contribution in [0.1, 0.15) is 72.8 Å². The smallest absolute Gasteiger partial charge is 0.255 e. The Morgan fingerprint density at radius 1 is 1.17 bits per heavy atom. The second kappa shape index (κ2) is 7.44. The highest BCUT2D eigenvalue weighted by Crippen LogP contribution is 2.61. The lowest BCUT2D eigenvalue weighted by atomic mass is 9.48. The van der Waals surface area contributed by atoms with Crippen LogP contribution < -0.4 is 10.1 Å². The Hall–Kier alpha value is -2.30. The van der Waals surface area contributed by atoms with Gasteiger partial charge < -0.3 is 14.6 Å². The summed E-state index contributed by atoms with van der Waals surface area (Å²) in [7, 11) is 0. The third-order valence-corrected chi connectivity index (χ3v) is 8.04. The van der Waals surface area contributed by atoms with E-state index in [2.05, 4.69) is 17.4 Å². The molecule has 5 heteroatoms. The molecule has 2 aromatic rings. The molecule has 0 radical (unpaired) electrons. The summed E-state index contributed by atoms with van der Waals surface area (Å²) in [5.74, 6) is 3.95. The maximum atomic E-state index is 13.2. The minimum Gasteiger partial charge on any atom is -0.488 e. The van der Waals surface area contributed by atoms with E-state index in [-0.39, 0.29) is 17.4 Å². The lowest BCUT2D eigenvalue weighted by Gasteiger charge is -2.59. The van der Waals surface area contributed by atoms with Gasteiger partial charge in [0.2, 0.25) is 0 Å². The zero-order valence-corrected chi connectivity index (χ0v) is 18.2. The molecule has 1 heterocycles. The Morgan fingerprint density at radius 3 is 2.40 bits per heavy atom. The first-order valence-electron chi connectivity index (χ1n) is 11.4. The molecule has 0 saturated heterocycles. The van der Waals surface area contributed by atoms with E-state index >= 15 is 0 Å². The Bertz CT molecular complexity index is 893. The molecule has 1 N–H and O–H groups in total. The highest BCUT2D eigenvalue weighted by atomic mass is 16.5. The molecule has 4 bridgehead atoms. The summed E-state index contributed by atoms with van der Waals surface area (Å²) in [4.78, 5) is 13.2. The average Bonchev–Trinajstić information content (AvgIpc) is 3.03. The maximum absolute atomic E-state index is 13.2. The third kappa shape index (κ3) is 3.42. The van der Waals surface area contributed by atoms with Crippen molar-refractivity contribution < 1.29 is 14.1 Å². The van der Waals surface area contributed by atoms with Crippen molar-refractivity contribution in [2.45, 2.75) is 71.9 Å². The fraction of sp³-hybridized carbons (Fsp3) is 0.600. The van der Waals surface area contributed by atoms with Gasteiger partial charge in [0.15, 0.2) is 0 Å². The van der Waals surface area contributed by atoms with E-state index in [0.717, 1.165) is 34.8 Å². The van der Waals surface area contributed by atoms with Gasteiger partial charge in [0.05, 0.1) is 16.8 Å². The van der Waals surface area contributed by atoms with Crippen molar-refractivity contribution >= 4 is 5.91 Å². The van der Waals surface area contributed by atoms with Gasteiger partial charge in [0, 0.05) is 6.04 Å². The van der Waals surface area contributed by atoms with Crippen LogP contribution in [0.4, 0.5) is 0 Å². The summed E-state index contributed by atoms with van der Waals surface area (Å²) in [6.45, 7) is 6.35. The summed E-state index contributed by atoms with van der Waals surface area (Å²) in [5.41, 5.74) is 2.65. The van der Waals surface area contributed by atoms with Crippen LogP contribution in [0.15, 0.2) is 28.8 Å². The Labute approximate surface area is 178 Å². The molecule has 4 saturated carbocycles. The van der Waals surface area contributed by atoms with Gasteiger partial charge in [-0.3, -0.25) is 4.79 Å². The zero-order chi connectivity index (χ0) is 20.9. The van der Waals surface area contributed by atoms with Crippen LogP contribution in [0.2, 0.25) is 0 Å². The average molecular weight is 409 g/mol. The number of hydrogen-bond donors (Lipinski definition) is 1. The highest BCUT2D eigenvalue weighted by molar-refractivity contribution is 5.97. The zero-order valence-electron chi connectivity index (χ0n) is 18.2. The number of aryl methyl sites for hydroxylation is 2. The molecule has 4 fully saturated rings. The monoisotopic (exact) mass is 408 g/mol. The molecule has 1 aromatic carbocycles. The van der Waals surface area contributed by atoms with E-state index < -0.39 is 0 Å². The van der Waals surface area contributed by atoms with Crippen LogP contribution >= 0.6 is 0 Å². The lowest BCUT2D eigenvalue weighted by molar-refractivity contribution is -0.0688. The Kier molecular flexibility index (Phi) is 4.87. The summed E-state index contributed by atoms with van der Waals surface area (Å²) >= 11 is 0. The van der Waals surface area contributed by atoms with Crippen molar-refractivity contribution in [3.05, 3.63) is 46.8 Å². The van der Waals surface area contributed by atoms with Crippen LogP contribution in [-0.2, 0) is 6.61 Å². The van der Waals surface area contributed by atoms with Crippen molar-refractivity contribution in [1.82, 2.24) is 10.5 Å². The quantitative estimate of drug-likeness (QED) is 0.713. The number of carbonyl (C=O) groups is 1. The molecule has 1 aromatic heterocycles.